The maximum Gasteiger partial charge on any atom is 0.177 e. The second-order valence-electron chi connectivity index (χ2n) is 0.105. The zero-order chi connectivity index (χ0) is 2.71. The summed E-state index contributed by atoms with van der Waals surface area (Å²) in [6.45, 7) is 0. The molecule has 0 aliphatic rings. The summed E-state index contributed by atoms with van der Waals surface area (Å²) in [7, 11) is -1.50. The molecule has 0 heterocycles. The third kappa shape index (κ3) is 14.6. The van der Waals surface area contributed by atoms with Crippen LogP contribution in [0.4, 0.5) is 0 Å². The first kappa shape index (κ1) is 8.84. The quantitative estimate of drug-likeness (QED) is 0.440. The fourth-order valence-electron chi connectivity index (χ4n) is 0. The molecule has 0 aliphatic carbocycles. The van der Waals surface area contributed by atoms with Crippen molar-refractivity contribution in [2.24, 2.45) is 0 Å². The molecular weight excluding hydrogens is 114 g/mol. The topological polar surface area (TPSA) is 37.3 Å². The normalized spacial score (nSPS) is 7.25. The Kier molecular flexibility index (Phi) is 20.4. The average molecular weight is 117 g/mol. The van der Waals surface area contributed by atoms with E-state index in [0.717, 1.165) is 0 Å². The molecule has 0 bridgehead atoms. The molecule has 4 heteroatoms. The van der Waals surface area contributed by atoms with Crippen LogP contribution in [0.2, 0.25) is 0 Å². The standard InChI is InChI=1S/H3O2P.V/c1-3-2;/h3H2,(H,1,2);. The molecule has 0 saturated heterocycles. The summed E-state index contributed by atoms with van der Waals surface area (Å²) in [6, 6.07) is 0. The molecule has 0 aromatic rings. The van der Waals surface area contributed by atoms with Gasteiger partial charge in [-0.05, 0) is 0 Å². The number of rotatable bonds is 0. The summed E-state index contributed by atoms with van der Waals surface area (Å²) in [6.07, 6.45) is 0. The van der Waals surface area contributed by atoms with Gasteiger partial charge in [0, 0.05) is 18.6 Å². The Morgan fingerprint density at radius 2 is 1.75 bits per heavy atom. The van der Waals surface area contributed by atoms with E-state index < -0.39 is 8.69 Å². The summed E-state index contributed by atoms with van der Waals surface area (Å²) in [5.74, 6) is 0. The van der Waals surface area contributed by atoms with E-state index in [1.807, 2.05) is 0 Å². The Bertz CT molecular complexity index is 13.5. The summed E-state index contributed by atoms with van der Waals surface area (Å²) in [4.78, 5) is 7.10. The minimum atomic E-state index is -1.50. The monoisotopic (exact) mass is 117 g/mol. The van der Waals surface area contributed by atoms with Crippen molar-refractivity contribution in [2.45, 2.75) is 0 Å². The predicted molar refractivity (Wildman–Crippen MR) is 12.6 cm³/mol. The smallest absolute Gasteiger partial charge is 0.177 e. The maximum atomic E-state index is 8.57. The van der Waals surface area contributed by atoms with Crippen molar-refractivity contribution in [1.82, 2.24) is 0 Å². The summed E-state index contributed by atoms with van der Waals surface area (Å²) in [5, 5.41) is 0. The van der Waals surface area contributed by atoms with E-state index in [2.05, 4.69) is 0 Å². The van der Waals surface area contributed by atoms with E-state index in [1.165, 1.54) is 0 Å². The molecule has 1 radical (unpaired) electrons. The van der Waals surface area contributed by atoms with Crippen LogP contribution in [0, 0.1) is 0 Å². The van der Waals surface area contributed by atoms with Crippen molar-refractivity contribution >= 4 is 8.69 Å². The van der Waals surface area contributed by atoms with Crippen LogP contribution in [0.5, 0.6) is 0 Å². The van der Waals surface area contributed by atoms with Gasteiger partial charge in [-0.1, -0.05) is 0 Å². The van der Waals surface area contributed by atoms with E-state index in [9.17, 15) is 0 Å². The van der Waals surface area contributed by atoms with Gasteiger partial charge in [0.05, 0.1) is 0 Å². The first-order valence-electron chi connectivity index (χ1n) is 0.494. The Labute approximate surface area is 37.4 Å². The van der Waals surface area contributed by atoms with Gasteiger partial charge in [0.1, 0.15) is 0 Å². The molecule has 2 nitrogen and oxygen atoms in total. The maximum absolute atomic E-state index is 8.57. The van der Waals surface area contributed by atoms with Gasteiger partial charge in [-0.25, -0.2) is 0 Å². The van der Waals surface area contributed by atoms with Gasteiger partial charge in [0.25, 0.3) is 0 Å². The average Bonchev–Trinajstić information content (AvgIpc) is 0.918. The molecule has 4 heavy (non-hydrogen) atoms. The van der Waals surface area contributed by atoms with Crippen molar-refractivity contribution in [3.05, 3.63) is 0 Å². The first-order chi connectivity index (χ1) is 1.41. The van der Waals surface area contributed by atoms with Crippen LogP contribution >= 0.6 is 8.69 Å². The van der Waals surface area contributed by atoms with Crippen LogP contribution in [-0.2, 0) is 23.1 Å². The van der Waals surface area contributed by atoms with Crippen LogP contribution in [0.3, 0.4) is 0 Å². The van der Waals surface area contributed by atoms with Crippen LogP contribution in [-0.4, -0.2) is 4.89 Å². The van der Waals surface area contributed by atoms with Gasteiger partial charge in [0.15, 0.2) is 8.69 Å². The van der Waals surface area contributed by atoms with Crippen LogP contribution in [0.15, 0.2) is 0 Å². The van der Waals surface area contributed by atoms with Crippen molar-refractivity contribution in [3.63, 3.8) is 0 Å². The molecule has 0 aliphatic heterocycles. The minimum Gasteiger partial charge on any atom is -0.348 e. The van der Waals surface area contributed by atoms with Crippen molar-refractivity contribution < 1.29 is 28.0 Å². The van der Waals surface area contributed by atoms with E-state index >= 15 is 0 Å². The van der Waals surface area contributed by atoms with Gasteiger partial charge in [-0.15, -0.1) is 0 Å². The molecule has 1 N–H and O–H groups in total. The first-order valence-corrected chi connectivity index (χ1v) is 1.48. The van der Waals surface area contributed by atoms with E-state index in [1.54, 1.807) is 0 Å². The van der Waals surface area contributed by atoms with Gasteiger partial charge in [-0.2, -0.15) is 0 Å². The number of hydrogen-bond donors (Lipinski definition) is 1. The fourth-order valence-corrected chi connectivity index (χ4v) is 0. The zero-order valence-electron chi connectivity index (χ0n) is 1.88. The Morgan fingerprint density at radius 3 is 1.75 bits per heavy atom. The molecule has 0 aromatic heterocycles. The SMILES string of the molecule is O=[PH2]O.[V]. The van der Waals surface area contributed by atoms with E-state index in [4.69, 9.17) is 9.46 Å². The van der Waals surface area contributed by atoms with E-state index in [0.29, 0.717) is 0 Å². The molecule has 0 amide bonds. The largest absolute Gasteiger partial charge is 0.348 e. The second kappa shape index (κ2) is 9.23. The van der Waals surface area contributed by atoms with Crippen molar-refractivity contribution in [1.29, 1.82) is 0 Å². The number of hydrogen-bond acceptors (Lipinski definition) is 1. The van der Waals surface area contributed by atoms with Crippen LogP contribution < -0.4 is 0 Å². The van der Waals surface area contributed by atoms with Gasteiger partial charge in [-0.3, -0.25) is 4.57 Å². The Balaban J connectivity index is 0. The molecule has 0 fully saturated rings. The van der Waals surface area contributed by atoms with Gasteiger partial charge >= 0.3 is 0 Å². The van der Waals surface area contributed by atoms with Crippen molar-refractivity contribution in [2.75, 3.05) is 0 Å². The molecule has 1 unspecified atom stereocenters. The molecule has 0 aromatic carbocycles. The Hall–Kier alpha value is 0.774. The molecule has 0 rings (SSSR count). The van der Waals surface area contributed by atoms with Gasteiger partial charge < -0.3 is 4.89 Å². The van der Waals surface area contributed by atoms with E-state index in [-0.39, 0.29) is 18.6 Å². The predicted octanol–water partition coefficient (Wildman–Crippen LogP) is -0.353. The molecule has 25 valence electrons. The second-order valence-corrected chi connectivity index (χ2v) is 0.316. The van der Waals surface area contributed by atoms with Crippen molar-refractivity contribution in [3.8, 4) is 0 Å². The third-order valence-corrected chi connectivity index (χ3v) is 0. The summed E-state index contributed by atoms with van der Waals surface area (Å²) in [5.41, 5.74) is 0. The van der Waals surface area contributed by atoms with Gasteiger partial charge in [0.2, 0.25) is 0 Å². The molecule has 0 saturated carbocycles. The molecule has 1 atom stereocenters. The zero-order valence-corrected chi connectivity index (χ0v) is 4.43. The molecular formula is H3O2PV. The molecule has 0 spiro atoms. The minimum absolute atomic E-state index is 0. The fraction of sp³-hybridized carbons (Fsp3) is 0. The summed E-state index contributed by atoms with van der Waals surface area (Å²) < 4.78 is 8.57. The third-order valence-electron chi connectivity index (χ3n) is 0. The Morgan fingerprint density at radius 1 is 1.75 bits per heavy atom. The van der Waals surface area contributed by atoms with Crippen LogP contribution in [0.25, 0.3) is 0 Å². The summed E-state index contributed by atoms with van der Waals surface area (Å²) >= 11 is 0. The van der Waals surface area contributed by atoms with Crippen LogP contribution in [0.1, 0.15) is 0 Å².